The molecular weight excluding hydrogens is 417 g/mol. The Hall–Kier alpha value is -3.51. The van der Waals surface area contributed by atoms with E-state index in [1.54, 1.807) is 18.2 Å². The van der Waals surface area contributed by atoms with Crippen LogP contribution >= 0.6 is 0 Å². The number of nitrogens with one attached hydrogen (secondary N) is 2. The molecule has 2 amide bonds. The van der Waals surface area contributed by atoms with Gasteiger partial charge < -0.3 is 16.4 Å². The molecule has 0 heterocycles. The molecule has 0 aromatic heterocycles. The van der Waals surface area contributed by atoms with Gasteiger partial charge in [0.15, 0.2) is 0 Å². The van der Waals surface area contributed by atoms with Gasteiger partial charge >= 0.3 is 0 Å². The third-order valence-electron chi connectivity index (χ3n) is 6.10. The van der Waals surface area contributed by atoms with Crippen LogP contribution in [0, 0.1) is 5.82 Å². The lowest BCUT2D eigenvalue weighted by molar-refractivity contribution is -0.133. The van der Waals surface area contributed by atoms with E-state index in [1.807, 2.05) is 54.6 Å². The molecule has 0 saturated carbocycles. The number of carbonyl (C=O) groups is 2. The third-order valence-corrected chi connectivity index (χ3v) is 6.10. The number of halogens is 1. The fourth-order valence-electron chi connectivity index (χ4n) is 4.44. The van der Waals surface area contributed by atoms with Crippen LogP contribution in [0.25, 0.3) is 0 Å². The molecule has 1 aliphatic rings. The molecule has 3 aromatic carbocycles. The van der Waals surface area contributed by atoms with E-state index in [9.17, 15) is 14.0 Å². The van der Waals surface area contributed by atoms with E-state index >= 15 is 0 Å². The Morgan fingerprint density at radius 2 is 1.52 bits per heavy atom. The summed E-state index contributed by atoms with van der Waals surface area (Å²) in [5.41, 5.74) is 8.63. The summed E-state index contributed by atoms with van der Waals surface area (Å²) < 4.78 is 13.9. The number of amides is 2. The second-order valence-electron chi connectivity index (χ2n) is 8.68. The monoisotopic (exact) mass is 445 g/mol. The second-order valence-corrected chi connectivity index (χ2v) is 8.68. The Balaban J connectivity index is 1.45. The molecule has 0 bridgehead atoms. The molecule has 0 spiro atoms. The van der Waals surface area contributed by atoms with Crippen LogP contribution in [0.4, 0.5) is 4.39 Å². The van der Waals surface area contributed by atoms with Crippen molar-refractivity contribution >= 4 is 11.8 Å². The third kappa shape index (κ3) is 5.46. The fourth-order valence-corrected chi connectivity index (χ4v) is 4.44. The van der Waals surface area contributed by atoms with Crippen molar-refractivity contribution in [2.75, 3.05) is 0 Å². The van der Waals surface area contributed by atoms with Gasteiger partial charge in [0.2, 0.25) is 11.8 Å². The van der Waals surface area contributed by atoms with E-state index in [-0.39, 0.29) is 30.5 Å². The Morgan fingerprint density at radius 1 is 0.909 bits per heavy atom. The molecule has 0 aliphatic heterocycles. The molecule has 4 rings (SSSR count). The van der Waals surface area contributed by atoms with Crippen molar-refractivity contribution < 1.29 is 14.0 Å². The molecule has 0 fully saturated rings. The van der Waals surface area contributed by atoms with Crippen LogP contribution in [0.1, 0.15) is 28.7 Å². The lowest BCUT2D eigenvalue weighted by Crippen LogP contribution is -2.60. The van der Waals surface area contributed by atoms with Gasteiger partial charge in [-0.1, -0.05) is 72.8 Å². The van der Waals surface area contributed by atoms with Crippen molar-refractivity contribution in [1.29, 1.82) is 0 Å². The van der Waals surface area contributed by atoms with Crippen LogP contribution in [-0.2, 0) is 35.4 Å². The molecule has 4 N–H and O–H groups in total. The number of hydrogen-bond acceptors (Lipinski definition) is 3. The van der Waals surface area contributed by atoms with Crippen molar-refractivity contribution in [3.8, 4) is 0 Å². The van der Waals surface area contributed by atoms with Gasteiger partial charge in [0.25, 0.3) is 0 Å². The highest BCUT2D eigenvalue weighted by molar-refractivity contribution is 5.93. The predicted octanol–water partition coefficient (Wildman–Crippen LogP) is 3.06. The summed E-state index contributed by atoms with van der Waals surface area (Å²) in [7, 11) is 0. The lowest BCUT2D eigenvalue weighted by Gasteiger charge is -2.30. The van der Waals surface area contributed by atoms with E-state index in [0.717, 1.165) is 16.7 Å². The molecule has 0 radical (unpaired) electrons. The summed E-state index contributed by atoms with van der Waals surface area (Å²) in [6.07, 6.45) is 1.07. The molecular formula is C27H28FN3O2. The SMILES string of the molecule is N[C@@H](CC(=O)NC1(C(=O)NCc2ccccc2)Cc2ccccc2C1)Cc1ccccc1F. The van der Waals surface area contributed by atoms with E-state index in [0.29, 0.717) is 24.9 Å². The second kappa shape index (κ2) is 9.96. The summed E-state index contributed by atoms with van der Waals surface area (Å²) in [6.45, 7) is 0.375. The average molecular weight is 446 g/mol. The number of carbonyl (C=O) groups excluding carboxylic acids is 2. The quantitative estimate of drug-likeness (QED) is 0.498. The Morgan fingerprint density at radius 3 is 2.18 bits per heavy atom. The van der Waals surface area contributed by atoms with Gasteiger partial charge in [0, 0.05) is 31.8 Å². The minimum atomic E-state index is -1.08. The standard InChI is InChI=1S/C27H28FN3O2/c28-24-13-7-6-10-20(24)14-23(29)15-25(32)31-27(16-21-11-4-5-12-22(21)17-27)26(33)30-18-19-8-2-1-3-9-19/h1-13,23H,14-18,29H2,(H,30,33)(H,31,32)/t23-/m1/s1. The summed E-state index contributed by atoms with van der Waals surface area (Å²) in [4.78, 5) is 26.3. The number of nitrogens with two attached hydrogens (primary N) is 1. The normalized spacial score (nSPS) is 14.8. The van der Waals surface area contributed by atoms with Crippen molar-refractivity contribution in [2.45, 2.75) is 43.8 Å². The molecule has 33 heavy (non-hydrogen) atoms. The van der Waals surface area contributed by atoms with Crippen molar-refractivity contribution in [3.63, 3.8) is 0 Å². The van der Waals surface area contributed by atoms with Crippen molar-refractivity contribution in [2.24, 2.45) is 5.73 Å². The zero-order valence-electron chi connectivity index (χ0n) is 18.4. The van der Waals surface area contributed by atoms with E-state index < -0.39 is 11.6 Å². The Labute approximate surface area is 193 Å². The summed E-state index contributed by atoms with van der Waals surface area (Å²) in [5, 5.41) is 5.97. The zero-order chi connectivity index (χ0) is 23.3. The maximum atomic E-state index is 13.9. The fraction of sp³-hybridized carbons (Fsp3) is 0.259. The van der Waals surface area contributed by atoms with Crippen LogP contribution < -0.4 is 16.4 Å². The van der Waals surface area contributed by atoms with Crippen LogP contribution in [0.15, 0.2) is 78.9 Å². The van der Waals surface area contributed by atoms with Crippen molar-refractivity contribution in [3.05, 3.63) is 107 Å². The first kappa shape index (κ1) is 22.7. The minimum absolute atomic E-state index is 0.00159. The number of fused-ring (bicyclic) bond motifs is 1. The summed E-state index contributed by atoms with van der Waals surface area (Å²) in [5.74, 6) is -0.878. The predicted molar refractivity (Wildman–Crippen MR) is 126 cm³/mol. The zero-order valence-corrected chi connectivity index (χ0v) is 18.4. The highest BCUT2D eigenvalue weighted by Gasteiger charge is 2.45. The maximum absolute atomic E-state index is 13.9. The number of hydrogen-bond donors (Lipinski definition) is 3. The molecule has 5 nitrogen and oxygen atoms in total. The van der Waals surface area contributed by atoms with Crippen LogP contribution in [0.3, 0.4) is 0 Å². The summed E-state index contributed by atoms with van der Waals surface area (Å²) in [6, 6.07) is 23.3. The van der Waals surface area contributed by atoms with Gasteiger partial charge in [-0.25, -0.2) is 4.39 Å². The van der Waals surface area contributed by atoms with E-state index in [1.165, 1.54) is 6.07 Å². The average Bonchev–Trinajstić information content (AvgIpc) is 3.18. The van der Waals surface area contributed by atoms with E-state index in [2.05, 4.69) is 10.6 Å². The van der Waals surface area contributed by atoms with Gasteiger partial charge in [0.1, 0.15) is 11.4 Å². The largest absolute Gasteiger partial charge is 0.350 e. The molecule has 1 aliphatic carbocycles. The molecule has 1 atom stereocenters. The minimum Gasteiger partial charge on any atom is -0.350 e. The molecule has 0 unspecified atom stereocenters. The molecule has 3 aromatic rings. The van der Waals surface area contributed by atoms with Crippen molar-refractivity contribution in [1.82, 2.24) is 10.6 Å². The smallest absolute Gasteiger partial charge is 0.246 e. The first-order chi connectivity index (χ1) is 15.9. The first-order valence-corrected chi connectivity index (χ1v) is 11.1. The number of rotatable bonds is 8. The molecule has 6 heteroatoms. The van der Waals surface area contributed by atoms with Crippen LogP contribution in [0.2, 0.25) is 0 Å². The van der Waals surface area contributed by atoms with Gasteiger partial charge in [-0.2, -0.15) is 0 Å². The molecule has 170 valence electrons. The van der Waals surface area contributed by atoms with Gasteiger partial charge in [-0.15, -0.1) is 0 Å². The number of benzene rings is 3. The lowest BCUT2D eigenvalue weighted by atomic mass is 9.93. The summed E-state index contributed by atoms with van der Waals surface area (Å²) >= 11 is 0. The Kier molecular flexibility index (Phi) is 6.84. The van der Waals surface area contributed by atoms with Gasteiger partial charge in [0.05, 0.1) is 0 Å². The van der Waals surface area contributed by atoms with Gasteiger partial charge in [-0.05, 0) is 34.7 Å². The topological polar surface area (TPSA) is 84.2 Å². The van der Waals surface area contributed by atoms with Gasteiger partial charge in [-0.3, -0.25) is 9.59 Å². The maximum Gasteiger partial charge on any atom is 0.246 e. The van der Waals surface area contributed by atoms with Crippen LogP contribution in [-0.4, -0.2) is 23.4 Å². The highest BCUT2D eigenvalue weighted by Crippen LogP contribution is 2.30. The first-order valence-electron chi connectivity index (χ1n) is 11.1. The van der Waals surface area contributed by atoms with Crippen LogP contribution in [0.5, 0.6) is 0 Å². The molecule has 0 saturated heterocycles. The highest BCUT2D eigenvalue weighted by atomic mass is 19.1. The van der Waals surface area contributed by atoms with E-state index in [4.69, 9.17) is 5.73 Å². The Bertz CT molecular complexity index is 1110.